The Kier molecular flexibility index (Phi) is 7.59. The van der Waals surface area contributed by atoms with Gasteiger partial charge in [-0.25, -0.2) is 4.98 Å². The van der Waals surface area contributed by atoms with E-state index < -0.39 is 23.9 Å². The summed E-state index contributed by atoms with van der Waals surface area (Å²) in [7, 11) is 0. The third-order valence-corrected chi connectivity index (χ3v) is 5.31. The SMILES string of the molecule is CC[C@@H](C)Nc1nc(Nc2ccc(Br)c(C(F)(F)F)c2)cc(-c2cccc(OC(F)(F)F)c2)n1. The Labute approximate surface area is 199 Å². The molecule has 12 heteroatoms. The molecule has 1 atom stereocenters. The van der Waals surface area contributed by atoms with Crippen molar-refractivity contribution in [3.05, 3.63) is 58.6 Å². The van der Waals surface area contributed by atoms with Gasteiger partial charge in [0, 0.05) is 27.8 Å². The molecule has 2 aromatic carbocycles. The number of ether oxygens (including phenoxy) is 1. The Morgan fingerprint density at radius 2 is 1.74 bits per heavy atom. The van der Waals surface area contributed by atoms with Gasteiger partial charge in [-0.3, -0.25) is 0 Å². The number of nitrogens with one attached hydrogen (secondary N) is 2. The van der Waals surface area contributed by atoms with Crippen LogP contribution in [-0.4, -0.2) is 22.4 Å². The van der Waals surface area contributed by atoms with Crippen LogP contribution in [-0.2, 0) is 6.18 Å². The molecular formula is C22H19BrF6N4O. The number of nitrogens with zero attached hydrogens (tertiary/aromatic N) is 2. The van der Waals surface area contributed by atoms with E-state index in [1.54, 1.807) is 0 Å². The zero-order valence-electron chi connectivity index (χ0n) is 17.9. The van der Waals surface area contributed by atoms with Gasteiger partial charge in [0.2, 0.25) is 5.95 Å². The minimum atomic E-state index is -4.86. The largest absolute Gasteiger partial charge is 0.573 e. The van der Waals surface area contributed by atoms with E-state index in [1.165, 1.54) is 30.3 Å². The van der Waals surface area contributed by atoms with Gasteiger partial charge in [0.15, 0.2) is 0 Å². The van der Waals surface area contributed by atoms with Crippen LogP contribution >= 0.6 is 15.9 Å². The van der Waals surface area contributed by atoms with Crippen molar-refractivity contribution in [2.45, 2.75) is 38.8 Å². The Morgan fingerprint density at radius 3 is 2.38 bits per heavy atom. The van der Waals surface area contributed by atoms with Crippen LogP contribution in [0.2, 0.25) is 0 Å². The first-order valence-corrected chi connectivity index (χ1v) is 10.8. The van der Waals surface area contributed by atoms with E-state index >= 15 is 0 Å². The Balaban J connectivity index is 2.01. The maximum atomic E-state index is 13.3. The van der Waals surface area contributed by atoms with Gasteiger partial charge in [-0.05, 0) is 43.7 Å². The summed E-state index contributed by atoms with van der Waals surface area (Å²) in [6, 6.07) is 10.2. The number of hydrogen-bond acceptors (Lipinski definition) is 5. The molecule has 1 aromatic heterocycles. The van der Waals surface area contributed by atoms with Crippen LogP contribution < -0.4 is 15.4 Å². The highest BCUT2D eigenvalue weighted by Crippen LogP contribution is 2.37. The average molecular weight is 549 g/mol. The number of halogens is 7. The monoisotopic (exact) mass is 548 g/mol. The number of anilines is 3. The molecule has 0 aliphatic heterocycles. The molecule has 2 N–H and O–H groups in total. The number of alkyl halides is 6. The molecule has 0 unspecified atom stereocenters. The van der Waals surface area contributed by atoms with Gasteiger partial charge in [0.05, 0.1) is 11.3 Å². The van der Waals surface area contributed by atoms with Gasteiger partial charge < -0.3 is 15.4 Å². The molecule has 182 valence electrons. The van der Waals surface area contributed by atoms with E-state index in [0.29, 0.717) is 5.56 Å². The highest BCUT2D eigenvalue weighted by Gasteiger charge is 2.33. The fourth-order valence-corrected chi connectivity index (χ4v) is 3.34. The van der Waals surface area contributed by atoms with Crippen molar-refractivity contribution in [1.29, 1.82) is 0 Å². The second-order valence-electron chi connectivity index (χ2n) is 7.31. The fourth-order valence-electron chi connectivity index (χ4n) is 2.87. The van der Waals surface area contributed by atoms with E-state index in [9.17, 15) is 26.3 Å². The Morgan fingerprint density at radius 1 is 1.00 bits per heavy atom. The van der Waals surface area contributed by atoms with Crippen molar-refractivity contribution in [2.75, 3.05) is 10.6 Å². The number of rotatable bonds is 7. The number of aromatic nitrogens is 2. The lowest BCUT2D eigenvalue weighted by Crippen LogP contribution is -2.17. The summed E-state index contributed by atoms with van der Waals surface area (Å²) in [6.07, 6.45) is -8.71. The summed E-state index contributed by atoms with van der Waals surface area (Å²) in [6.45, 7) is 3.81. The van der Waals surface area contributed by atoms with Gasteiger partial charge >= 0.3 is 12.5 Å². The average Bonchev–Trinajstić information content (AvgIpc) is 2.73. The molecule has 34 heavy (non-hydrogen) atoms. The van der Waals surface area contributed by atoms with E-state index in [2.05, 4.69) is 41.3 Å². The van der Waals surface area contributed by atoms with Crippen LogP contribution in [0.1, 0.15) is 25.8 Å². The Bertz CT molecular complexity index is 1150. The molecule has 0 amide bonds. The number of hydrogen-bond donors (Lipinski definition) is 2. The third-order valence-electron chi connectivity index (χ3n) is 4.62. The summed E-state index contributed by atoms with van der Waals surface area (Å²) in [5.74, 6) is -0.129. The van der Waals surface area contributed by atoms with Crippen molar-refractivity contribution < 1.29 is 31.1 Å². The lowest BCUT2D eigenvalue weighted by atomic mass is 10.1. The van der Waals surface area contributed by atoms with E-state index in [-0.39, 0.29) is 33.7 Å². The van der Waals surface area contributed by atoms with Gasteiger partial charge in [0.25, 0.3) is 0 Å². The van der Waals surface area contributed by atoms with Crippen molar-refractivity contribution >= 4 is 33.4 Å². The molecule has 0 aliphatic rings. The maximum absolute atomic E-state index is 13.3. The summed E-state index contributed by atoms with van der Waals surface area (Å²) >= 11 is 2.89. The summed E-state index contributed by atoms with van der Waals surface area (Å²) in [5, 5.41) is 5.88. The maximum Gasteiger partial charge on any atom is 0.573 e. The van der Waals surface area contributed by atoms with Crippen molar-refractivity contribution in [2.24, 2.45) is 0 Å². The topological polar surface area (TPSA) is 59.1 Å². The van der Waals surface area contributed by atoms with Crippen LogP contribution in [0, 0.1) is 0 Å². The minimum Gasteiger partial charge on any atom is -0.406 e. The standard InChI is InChI=1S/C22H19BrF6N4O/c1-3-12(2)30-20-32-18(13-5-4-6-15(9-13)34-22(27,28)29)11-19(33-20)31-14-7-8-17(23)16(10-14)21(24,25)26/h4-12H,3H2,1-2H3,(H2,30,31,32,33)/t12-/m1/s1. The first-order valence-electron chi connectivity index (χ1n) is 9.99. The highest BCUT2D eigenvalue weighted by atomic mass is 79.9. The van der Waals surface area contributed by atoms with Gasteiger partial charge in [-0.15, -0.1) is 13.2 Å². The molecule has 0 bridgehead atoms. The summed E-state index contributed by atoms with van der Waals surface area (Å²) < 4.78 is 81.5. The molecule has 0 radical (unpaired) electrons. The minimum absolute atomic E-state index is 0.0347. The van der Waals surface area contributed by atoms with E-state index in [1.807, 2.05) is 13.8 Å². The first kappa shape index (κ1) is 25.6. The second-order valence-corrected chi connectivity index (χ2v) is 8.16. The molecule has 0 saturated carbocycles. The second kappa shape index (κ2) is 10.1. The van der Waals surface area contributed by atoms with Crippen molar-refractivity contribution in [1.82, 2.24) is 9.97 Å². The van der Waals surface area contributed by atoms with E-state index in [0.717, 1.165) is 24.6 Å². The van der Waals surface area contributed by atoms with Crippen LogP contribution in [0.25, 0.3) is 11.3 Å². The molecule has 5 nitrogen and oxygen atoms in total. The molecule has 0 spiro atoms. The normalized spacial score (nSPS) is 12.9. The van der Waals surface area contributed by atoms with Crippen LogP contribution in [0.15, 0.2) is 53.0 Å². The molecule has 0 aliphatic carbocycles. The quantitative estimate of drug-likeness (QED) is 0.295. The van der Waals surface area contributed by atoms with Crippen LogP contribution in [0.3, 0.4) is 0 Å². The van der Waals surface area contributed by atoms with Gasteiger partial charge in [-0.1, -0.05) is 35.0 Å². The smallest absolute Gasteiger partial charge is 0.406 e. The summed E-state index contributed by atoms with van der Waals surface area (Å²) in [4.78, 5) is 8.66. The summed E-state index contributed by atoms with van der Waals surface area (Å²) in [5.41, 5.74) is -0.221. The Hall–Kier alpha value is -3.02. The fraction of sp³-hybridized carbons (Fsp3) is 0.273. The van der Waals surface area contributed by atoms with Crippen molar-refractivity contribution in [3.63, 3.8) is 0 Å². The highest BCUT2D eigenvalue weighted by molar-refractivity contribution is 9.10. The zero-order valence-corrected chi connectivity index (χ0v) is 19.4. The lowest BCUT2D eigenvalue weighted by molar-refractivity contribution is -0.274. The van der Waals surface area contributed by atoms with Crippen LogP contribution in [0.4, 0.5) is 43.8 Å². The molecule has 0 fully saturated rings. The molecule has 3 rings (SSSR count). The third kappa shape index (κ3) is 6.99. The first-order chi connectivity index (χ1) is 15.8. The zero-order chi connectivity index (χ0) is 25.1. The van der Waals surface area contributed by atoms with Crippen LogP contribution in [0.5, 0.6) is 5.75 Å². The predicted octanol–water partition coefficient (Wildman–Crippen LogP) is 7.78. The van der Waals surface area contributed by atoms with Gasteiger partial charge in [0.1, 0.15) is 11.6 Å². The van der Waals surface area contributed by atoms with E-state index in [4.69, 9.17) is 0 Å². The van der Waals surface area contributed by atoms with Crippen molar-refractivity contribution in [3.8, 4) is 17.0 Å². The molecular weight excluding hydrogens is 530 g/mol. The molecule has 3 aromatic rings. The molecule has 0 saturated heterocycles. The van der Waals surface area contributed by atoms with Gasteiger partial charge in [-0.2, -0.15) is 18.2 Å². The predicted molar refractivity (Wildman–Crippen MR) is 120 cm³/mol. The lowest BCUT2D eigenvalue weighted by Gasteiger charge is -2.16. The number of benzene rings is 2. The molecule has 1 heterocycles.